The molecule has 3 aromatic rings. The fourth-order valence-corrected chi connectivity index (χ4v) is 3.34. The van der Waals surface area contributed by atoms with Gasteiger partial charge in [0.15, 0.2) is 0 Å². The number of hydrogen-bond donors (Lipinski definition) is 1. The van der Waals surface area contributed by atoms with Gasteiger partial charge in [-0.1, -0.05) is 24.3 Å². The second-order valence-corrected chi connectivity index (χ2v) is 7.10. The van der Waals surface area contributed by atoms with Crippen LogP contribution in [0, 0.1) is 0 Å². The zero-order valence-corrected chi connectivity index (χ0v) is 16.5. The molecule has 0 saturated heterocycles. The number of fused-ring (bicyclic) bond motifs is 1. The second kappa shape index (κ2) is 9.32. The van der Waals surface area contributed by atoms with E-state index in [2.05, 4.69) is 15.3 Å². The largest absolute Gasteiger partial charge is 0.467 e. The molecule has 1 atom stereocenters. The molecular weight excluding hydrogens is 374 g/mol. The number of ether oxygens (including phenoxy) is 1. The van der Waals surface area contributed by atoms with Gasteiger partial charge in [-0.3, -0.25) is 9.78 Å². The third kappa shape index (κ3) is 4.48. The number of nitrogens with zero attached hydrogens (tertiary/aromatic N) is 2. The van der Waals surface area contributed by atoms with Crippen LogP contribution in [0.2, 0.25) is 0 Å². The molecule has 1 amide bonds. The molecule has 1 N–H and O–H groups in total. The molecule has 2 aromatic heterocycles. The highest BCUT2D eigenvalue weighted by molar-refractivity contribution is 7.98. The SMILES string of the molecule is COC(=O)C(CCSC)NC(=O)c1cc(-c2ccccn2)nc2ccccc12. The maximum atomic E-state index is 13.1. The normalized spacial score (nSPS) is 11.8. The molecule has 1 aromatic carbocycles. The highest BCUT2D eigenvalue weighted by Gasteiger charge is 2.23. The van der Waals surface area contributed by atoms with Crippen molar-refractivity contribution in [1.29, 1.82) is 0 Å². The van der Waals surface area contributed by atoms with Crippen molar-refractivity contribution in [2.24, 2.45) is 0 Å². The van der Waals surface area contributed by atoms with Crippen LogP contribution < -0.4 is 5.32 Å². The fraction of sp³-hybridized carbons (Fsp3) is 0.238. The molecule has 0 radical (unpaired) electrons. The van der Waals surface area contributed by atoms with E-state index >= 15 is 0 Å². The number of esters is 1. The van der Waals surface area contributed by atoms with Crippen molar-refractivity contribution in [1.82, 2.24) is 15.3 Å². The number of rotatable bonds is 7. The second-order valence-electron chi connectivity index (χ2n) is 6.12. The van der Waals surface area contributed by atoms with Gasteiger partial charge in [-0.05, 0) is 42.7 Å². The van der Waals surface area contributed by atoms with E-state index in [0.717, 1.165) is 5.75 Å². The van der Waals surface area contributed by atoms with E-state index in [1.54, 1.807) is 24.0 Å². The number of carbonyl (C=O) groups is 2. The van der Waals surface area contributed by atoms with Gasteiger partial charge in [0, 0.05) is 11.6 Å². The molecule has 6 nitrogen and oxygen atoms in total. The van der Waals surface area contributed by atoms with E-state index in [1.807, 2.05) is 48.7 Å². The van der Waals surface area contributed by atoms with Crippen LogP contribution in [0.15, 0.2) is 54.7 Å². The lowest BCUT2D eigenvalue weighted by Gasteiger charge is -2.17. The van der Waals surface area contributed by atoms with Gasteiger partial charge < -0.3 is 10.1 Å². The topological polar surface area (TPSA) is 81.2 Å². The van der Waals surface area contributed by atoms with E-state index in [-0.39, 0.29) is 5.91 Å². The summed E-state index contributed by atoms with van der Waals surface area (Å²) in [6.45, 7) is 0. The van der Waals surface area contributed by atoms with Gasteiger partial charge in [0.05, 0.1) is 29.6 Å². The molecule has 0 fully saturated rings. The van der Waals surface area contributed by atoms with Crippen LogP contribution in [-0.2, 0) is 9.53 Å². The number of para-hydroxylation sites is 1. The van der Waals surface area contributed by atoms with Crippen LogP contribution in [0.5, 0.6) is 0 Å². The summed E-state index contributed by atoms with van der Waals surface area (Å²) >= 11 is 1.61. The number of benzene rings is 1. The highest BCUT2D eigenvalue weighted by Crippen LogP contribution is 2.24. The zero-order valence-electron chi connectivity index (χ0n) is 15.7. The van der Waals surface area contributed by atoms with Crippen LogP contribution in [0.1, 0.15) is 16.8 Å². The number of methoxy groups -OCH3 is 1. The minimum atomic E-state index is -0.699. The summed E-state index contributed by atoms with van der Waals surface area (Å²) in [6, 6.07) is 14.0. The molecule has 0 saturated carbocycles. The lowest BCUT2D eigenvalue weighted by atomic mass is 10.0. The lowest BCUT2D eigenvalue weighted by molar-refractivity contribution is -0.142. The zero-order chi connectivity index (χ0) is 19.9. The molecular formula is C21H21N3O3S. The van der Waals surface area contributed by atoms with E-state index < -0.39 is 12.0 Å². The van der Waals surface area contributed by atoms with Crippen LogP contribution >= 0.6 is 11.8 Å². The lowest BCUT2D eigenvalue weighted by Crippen LogP contribution is -2.42. The van der Waals surface area contributed by atoms with Crippen LogP contribution in [0.3, 0.4) is 0 Å². The van der Waals surface area contributed by atoms with Crippen molar-refractivity contribution in [3.63, 3.8) is 0 Å². The van der Waals surface area contributed by atoms with Crippen LogP contribution in [-0.4, -0.2) is 47.0 Å². The van der Waals surface area contributed by atoms with E-state index in [9.17, 15) is 9.59 Å². The van der Waals surface area contributed by atoms with Gasteiger partial charge in [0.2, 0.25) is 0 Å². The van der Waals surface area contributed by atoms with Crippen molar-refractivity contribution in [2.75, 3.05) is 19.1 Å². The molecule has 0 spiro atoms. The Bertz CT molecular complexity index is 979. The average Bonchev–Trinajstić information content (AvgIpc) is 2.75. The first kappa shape index (κ1) is 19.8. The third-order valence-corrected chi connectivity index (χ3v) is 4.93. The maximum absolute atomic E-state index is 13.1. The highest BCUT2D eigenvalue weighted by atomic mass is 32.2. The Hall–Kier alpha value is -2.93. The average molecular weight is 395 g/mol. The number of nitrogens with one attached hydrogen (secondary N) is 1. The number of aromatic nitrogens is 2. The Kier molecular flexibility index (Phi) is 6.60. The van der Waals surface area contributed by atoms with Gasteiger partial charge in [0.25, 0.3) is 5.91 Å². The molecule has 0 aliphatic rings. The number of amides is 1. The van der Waals surface area contributed by atoms with E-state index in [1.165, 1.54) is 7.11 Å². The predicted molar refractivity (Wildman–Crippen MR) is 111 cm³/mol. The summed E-state index contributed by atoms with van der Waals surface area (Å²) in [7, 11) is 1.32. The summed E-state index contributed by atoms with van der Waals surface area (Å²) in [5.41, 5.74) is 2.41. The standard InChI is InChI=1S/C21H21N3O3S/c1-27-21(26)18(10-12-28-2)24-20(25)15-13-19(17-9-5-6-11-22-17)23-16-8-4-3-7-14(15)16/h3-9,11,13,18H,10,12H2,1-2H3,(H,24,25). The predicted octanol–water partition coefficient (Wildman–Crippen LogP) is 3.32. The summed E-state index contributed by atoms with van der Waals surface area (Å²) in [4.78, 5) is 34.1. The number of hydrogen-bond acceptors (Lipinski definition) is 6. The number of carbonyl (C=O) groups excluding carboxylic acids is 2. The van der Waals surface area contributed by atoms with E-state index in [4.69, 9.17) is 4.74 Å². The van der Waals surface area contributed by atoms with Crippen molar-refractivity contribution in [3.05, 3.63) is 60.3 Å². The molecule has 2 heterocycles. The molecule has 0 aliphatic carbocycles. The first-order chi connectivity index (χ1) is 13.6. The minimum Gasteiger partial charge on any atom is -0.467 e. The number of pyridine rings is 2. The van der Waals surface area contributed by atoms with Gasteiger partial charge >= 0.3 is 5.97 Å². The Morgan fingerprint density at radius 3 is 2.64 bits per heavy atom. The molecule has 1 unspecified atom stereocenters. The van der Waals surface area contributed by atoms with Crippen molar-refractivity contribution in [3.8, 4) is 11.4 Å². The third-order valence-electron chi connectivity index (χ3n) is 4.29. The summed E-state index contributed by atoms with van der Waals surface area (Å²) in [5, 5.41) is 3.53. The molecule has 7 heteroatoms. The summed E-state index contributed by atoms with van der Waals surface area (Å²) in [6.07, 6.45) is 4.13. The molecule has 0 aliphatic heterocycles. The Morgan fingerprint density at radius 1 is 1.14 bits per heavy atom. The maximum Gasteiger partial charge on any atom is 0.328 e. The fourth-order valence-electron chi connectivity index (χ4n) is 2.87. The van der Waals surface area contributed by atoms with Gasteiger partial charge in [-0.2, -0.15) is 11.8 Å². The molecule has 28 heavy (non-hydrogen) atoms. The smallest absolute Gasteiger partial charge is 0.328 e. The summed E-state index contributed by atoms with van der Waals surface area (Å²) in [5.74, 6) is -0.0611. The summed E-state index contributed by atoms with van der Waals surface area (Å²) < 4.78 is 4.84. The van der Waals surface area contributed by atoms with Gasteiger partial charge in [0.1, 0.15) is 6.04 Å². The van der Waals surface area contributed by atoms with Gasteiger partial charge in [-0.15, -0.1) is 0 Å². The minimum absolute atomic E-state index is 0.340. The Morgan fingerprint density at radius 2 is 1.93 bits per heavy atom. The van der Waals surface area contributed by atoms with Crippen molar-refractivity contribution in [2.45, 2.75) is 12.5 Å². The van der Waals surface area contributed by atoms with E-state index in [0.29, 0.717) is 34.3 Å². The van der Waals surface area contributed by atoms with Crippen molar-refractivity contribution < 1.29 is 14.3 Å². The quantitative estimate of drug-likeness (QED) is 0.618. The van der Waals surface area contributed by atoms with Crippen molar-refractivity contribution >= 4 is 34.5 Å². The first-order valence-electron chi connectivity index (χ1n) is 8.83. The van der Waals surface area contributed by atoms with Crippen LogP contribution in [0.4, 0.5) is 0 Å². The monoisotopic (exact) mass is 395 g/mol. The Balaban J connectivity index is 2.00. The number of thioether (sulfide) groups is 1. The Labute approximate surface area is 167 Å². The molecule has 3 rings (SSSR count). The molecule has 144 valence electrons. The van der Waals surface area contributed by atoms with Crippen LogP contribution in [0.25, 0.3) is 22.3 Å². The van der Waals surface area contributed by atoms with Gasteiger partial charge in [-0.25, -0.2) is 9.78 Å². The first-order valence-corrected chi connectivity index (χ1v) is 10.2. The molecule has 0 bridgehead atoms.